The van der Waals surface area contributed by atoms with E-state index in [1.165, 1.54) is 0 Å². The maximum atomic E-state index is 12.2. The molecule has 26 heavy (non-hydrogen) atoms. The van der Waals surface area contributed by atoms with E-state index in [0.717, 1.165) is 22.7 Å². The number of methoxy groups -OCH3 is 1. The minimum Gasteiger partial charge on any atom is -0.497 e. The van der Waals surface area contributed by atoms with E-state index in [0.29, 0.717) is 17.3 Å². The molecule has 0 aliphatic heterocycles. The molecule has 1 aromatic heterocycles. The van der Waals surface area contributed by atoms with Crippen LogP contribution in [-0.4, -0.2) is 18.0 Å². The van der Waals surface area contributed by atoms with Gasteiger partial charge in [0, 0.05) is 17.3 Å². The summed E-state index contributed by atoms with van der Waals surface area (Å²) in [6, 6.07) is 18.4. The molecule has 3 aromatic rings. The molecule has 0 radical (unpaired) electrons. The summed E-state index contributed by atoms with van der Waals surface area (Å²) in [5.74, 6) is 0.555. The molecule has 0 fully saturated rings. The highest BCUT2D eigenvalue weighted by atomic mass is 35.5. The number of aromatic nitrogens is 1. The zero-order valence-corrected chi connectivity index (χ0v) is 15.0. The Morgan fingerprint density at radius 1 is 1.08 bits per heavy atom. The number of benzene rings is 2. The van der Waals surface area contributed by atoms with Gasteiger partial charge in [-0.2, -0.15) is 0 Å². The van der Waals surface area contributed by atoms with Crippen LogP contribution >= 0.6 is 11.6 Å². The Morgan fingerprint density at radius 3 is 2.54 bits per heavy atom. The maximum absolute atomic E-state index is 12.2. The molecular formula is C20H18ClN3O2. The van der Waals surface area contributed by atoms with Gasteiger partial charge in [0.05, 0.1) is 19.0 Å². The third-order valence-corrected chi connectivity index (χ3v) is 3.96. The highest BCUT2D eigenvalue weighted by molar-refractivity contribution is 6.30. The van der Waals surface area contributed by atoms with Crippen molar-refractivity contribution in [1.29, 1.82) is 0 Å². The first kappa shape index (κ1) is 17.8. The van der Waals surface area contributed by atoms with Crippen molar-refractivity contribution in [3.63, 3.8) is 0 Å². The van der Waals surface area contributed by atoms with Crippen molar-refractivity contribution in [3.05, 3.63) is 83.1 Å². The van der Waals surface area contributed by atoms with Crippen molar-refractivity contribution >= 4 is 28.9 Å². The average Bonchev–Trinajstić information content (AvgIpc) is 2.67. The van der Waals surface area contributed by atoms with Crippen LogP contribution in [0.15, 0.2) is 66.9 Å². The Kier molecular flexibility index (Phi) is 5.71. The summed E-state index contributed by atoms with van der Waals surface area (Å²) in [7, 11) is 1.62. The fraction of sp³-hybridized carbons (Fsp3) is 0.100. The summed E-state index contributed by atoms with van der Waals surface area (Å²) >= 11 is 5.96. The number of halogens is 1. The van der Waals surface area contributed by atoms with Gasteiger partial charge in [-0.05, 0) is 48.0 Å². The summed E-state index contributed by atoms with van der Waals surface area (Å²) in [5, 5.41) is 6.69. The van der Waals surface area contributed by atoms with Crippen LogP contribution in [-0.2, 0) is 6.54 Å². The van der Waals surface area contributed by atoms with Gasteiger partial charge in [0.15, 0.2) is 0 Å². The summed E-state index contributed by atoms with van der Waals surface area (Å²) in [6.07, 6.45) is 1.61. The first-order valence-corrected chi connectivity index (χ1v) is 8.41. The van der Waals surface area contributed by atoms with Crippen molar-refractivity contribution in [1.82, 2.24) is 10.3 Å². The Morgan fingerprint density at radius 2 is 1.88 bits per heavy atom. The van der Waals surface area contributed by atoms with Crippen LogP contribution in [0.1, 0.15) is 16.1 Å². The number of carbonyl (C=O) groups excluding carboxylic acids is 1. The number of carbonyl (C=O) groups is 1. The third kappa shape index (κ3) is 4.74. The Balaban J connectivity index is 1.57. The van der Waals surface area contributed by atoms with E-state index < -0.39 is 0 Å². The summed E-state index contributed by atoms with van der Waals surface area (Å²) in [6.45, 7) is 0.424. The van der Waals surface area contributed by atoms with Crippen LogP contribution in [0.25, 0.3) is 0 Å². The smallest absolute Gasteiger partial charge is 0.270 e. The van der Waals surface area contributed by atoms with Crippen LogP contribution in [0, 0.1) is 0 Å². The highest BCUT2D eigenvalue weighted by Crippen LogP contribution is 2.19. The van der Waals surface area contributed by atoms with Gasteiger partial charge in [-0.1, -0.05) is 29.8 Å². The molecule has 1 heterocycles. The van der Waals surface area contributed by atoms with Crippen LogP contribution in [0.5, 0.6) is 5.75 Å². The van der Waals surface area contributed by atoms with Gasteiger partial charge in [0.25, 0.3) is 5.91 Å². The van der Waals surface area contributed by atoms with Crippen molar-refractivity contribution < 1.29 is 9.53 Å². The minimum atomic E-state index is -0.227. The standard InChI is InChI=1S/C20H18ClN3O2/c1-26-18-8-5-14(6-9-18)12-23-20(25)19-10-7-17(13-22-19)24-16-4-2-3-15(21)11-16/h2-11,13,24H,12H2,1H3,(H,23,25). The van der Waals surface area contributed by atoms with Gasteiger partial charge in [-0.25, -0.2) is 4.98 Å². The lowest BCUT2D eigenvalue weighted by Gasteiger charge is -2.08. The zero-order chi connectivity index (χ0) is 18.4. The SMILES string of the molecule is COc1ccc(CNC(=O)c2ccc(Nc3cccc(Cl)c3)cn2)cc1. The van der Waals surface area contributed by atoms with E-state index in [9.17, 15) is 4.79 Å². The molecule has 0 spiro atoms. The number of nitrogens with one attached hydrogen (secondary N) is 2. The van der Waals surface area contributed by atoms with Crippen molar-refractivity contribution in [3.8, 4) is 5.75 Å². The minimum absolute atomic E-state index is 0.227. The molecule has 0 saturated carbocycles. The second-order valence-corrected chi connectivity index (χ2v) is 6.03. The molecule has 0 atom stereocenters. The average molecular weight is 368 g/mol. The monoisotopic (exact) mass is 367 g/mol. The zero-order valence-electron chi connectivity index (χ0n) is 14.2. The van der Waals surface area contributed by atoms with Crippen molar-refractivity contribution in [2.24, 2.45) is 0 Å². The molecule has 5 nitrogen and oxygen atoms in total. The molecule has 0 aliphatic carbocycles. The quantitative estimate of drug-likeness (QED) is 0.677. The van der Waals surface area contributed by atoms with Gasteiger partial charge >= 0.3 is 0 Å². The van der Waals surface area contributed by atoms with E-state index >= 15 is 0 Å². The van der Waals surface area contributed by atoms with E-state index in [4.69, 9.17) is 16.3 Å². The molecular weight excluding hydrogens is 350 g/mol. The van der Waals surface area contributed by atoms with E-state index in [2.05, 4.69) is 15.6 Å². The Hall–Kier alpha value is -3.05. The lowest BCUT2D eigenvalue weighted by molar-refractivity contribution is 0.0946. The fourth-order valence-corrected chi connectivity index (χ4v) is 2.54. The number of hydrogen-bond acceptors (Lipinski definition) is 4. The van der Waals surface area contributed by atoms with Gasteiger partial charge in [-0.3, -0.25) is 4.79 Å². The largest absolute Gasteiger partial charge is 0.497 e. The first-order chi connectivity index (χ1) is 12.6. The second-order valence-electron chi connectivity index (χ2n) is 5.60. The predicted molar refractivity (Wildman–Crippen MR) is 103 cm³/mol. The predicted octanol–water partition coefficient (Wildman–Crippen LogP) is 4.42. The maximum Gasteiger partial charge on any atom is 0.270 e. The highest BCUT2D eigenvalue weighted by Gasteiger charge is 2.07. The molecule has 0 unspecified atom stereocenters. The number of anilines is 2. The molecule has 6 heteroatoms. The second kappa shape index (κ2) is 8.36. The molecule has 0 aliphatic rings. The van der Waals surface area contributed by atoms with Crippen LogP contribution in [0.3, 0.4) is 0 Å². The molecule has 2 N–H and O–H groups in total. The topological polar surface area (TPSA) is 63.2 Å². The van der Waals surface area contributed by atoms with Crippen molar-refractivity contribution in [2.75, 3.05) is 12.4 Å². The lowest BCUT2D eigenvalue weighted by Crippen LogP contribution is -2.23. The number of ether oxygens (including phenoxy) is 1. The summed E-state index contributed by atoms with van der Waals surface area (Å²) in [4.78, 5) is 16.4. The van der Waals surface area contributed by atoms with Crippen molar-refractivity contribution in [2.45, 2.75) is 6.54 Å². The summed E-state index contributed by atoms with van der Waals surface area (Å²) < 4.78 is 5.11. The molecule has 132 valence electrons. The van der Waals surface area contributed by atoms with Crippen LogP contribution in [0.4, 0.5) is 11.4 Å². The Labute approximate surface area is 157 Å². The molecule has 3 rings (SSSR count). The first-order valence-electron chi connectivity index (χ1n) is 8.04. The molecule has 1 amide bonds. The van der Waals surface area contributed by atoms with Crippen LogP contribution in [0.2, 0.25) is 5.02 Å². The Bertz CT molecular complexity index is 880. The molecule has 0 bridgehead atoms. The van der Waals surface area contributed by atoms with Gasteiger partial charge in [0.2, 0.25) is 0 Å². The fourth-order valence-electron chi connectivity index (χ4n) is 2.35. The lowest BCUT2D eigenvalue weighted by atomic mass is 10.2. The van der Waals surface area contributed by atoms with E-state index in [1.54, 1.807) is 31.5 Å². The van der Waals surface area contributed by atoms with Gasteiger partial charge < -0.3 is 15.4 Å². The molecule has 2 aromatic carbocycles. The number of pyridine rings is 1. The molecule has 0 saturated heterocycles. The van der Waals surface area contributed by atoms with E-state index in [1.807, 2.05) is 42.5 Å². The van der Waals surface area contributed by atoms with Crippen LogP contribution < -0.4 is 15.4 Å². The third-order valence-electron chi connectivity index (χ3n) is 3.72. The number of hydrogen-bond donors (Lipinski definition) is 2. The summed E-state index contributed by atoms with van der Waals surface area (Å²) in [5.41, 5.74) is 2.98. The number of amides is 1. The van der Waals surface area contributed by atoms with Gasteiger partial charge in [0.1, 0.15) is 11.4 Å². The van der Waals surface area contributed by atoms with E-state index in [-0.39, 0.29) is 5.91 Å². The number of nitrogens with zero attached hydrogens (tertiary/aromatic N) is 1. The normalized spacial score (nSPS) is 10.2. The number of rotatable bonds is 6. The van der Waals surface area contributed by atoms with Gasteiger partial charge in [-0.15, -0.1) is 0 Å².